The molecule has 1 atom stereocenters. The summed E-state index contributed by atoms with van der Waals surface area (Å²) in [5, 5.41) is 8.94. The number of rotatable bonds is 4. The van der Waals surface area contributed by atoms with Crippen molar-refractivity contribution in [3.8, 4) is 0 Å². The summed E-state index contributed by atoms with van der Waals surface area (Å²) in [6.45, 7) is 5.34. The smallest absolute Gasteiger partial charge is 0.150 e. The molecule has 1 aliphatic heterocycles. The lowest BCUT2D eigenvalue weighted by Gasteiger charge is -2.26. The second-order valence-electron chi connectivity index (χ2n) is 4.78. The average Bonchev–Trinajstić information content (AvgIpc) is 2.77. The Labute approximate surface area is 103 Å². The normalized spacial score (nSPS) is 19.9. The van der Waals surface area contributed by atoms with Crippen molar-refractivity contribution < 1.29 is 5.11 Å². The van der Waals surface area contributed by atoms with Gasteiger partial charge in [-0.1, -0.05) is 0 Å². The second kappa shape index (κ2) is 5.45. The molecule has 17 heavy (non-hydrogen) atoms. The van der Waals surface area contributed by atoms with Gasteiger partial charge < -0.3 is 10.0 Å². The van der Waals surface area contributed by atoms with E-state index in [4.69, 9.17) is 5.11 Å². The Morgan fingerprint density at radius 3 is 3.06 bits per heavy atom. The van der Waals surface area contributed by atoms with Gasteiger partial charge in [0.1, 0.15) is 0 Å². The quantitative estimate of drug-likeness (QED) is 0.865. The van der Waals surface area contributed by atoms with Gasteiger partial charge in [-0.05, 0) is 39.5 Å². The highest BCUT2D eigenvalue weighted by atomic mass is 16.2. The molecule has 2 heterocycles. The molecule has 2 rings (SSSR count). The summed E-state index contributed by atoms with van der Waals surface area (Å²) in [5.74, 6) is 1.03. The first-order valence-electron chi connectivity index (χ1n) is 6.40. The van der Waals surface area contributed by atoms with Crippen molar-refractivity contribution in [3.05, 3.63) is 17.6 Å². The third-order valence-electron chi connectivity index (χ3n) is 3.40. The van der Waals surface area contributed by atoms with Crippen molar-refractivity contribution >= 4 is 5.82 Å². The molecular weight excluding hydrogens is 214 g/mol. The summed E-state index contributed by atoms with van der Waals surface area (Å²) in [6.07, 6.45) is 6.16. The number of hydrogen-bond acceptors (Lipinski definition) is 4. The van der Waals surface area contributed by atoms with Gasteiger partial charge in [-0.2, -0.15) is 0 Å². The number of aryl methyl sites for hydroxylation is 2. The molecule has 1 fully saturated rings. The second-order valence-corrected chi connectivity index (χ2v) is 4.78. The van der Waals surface area contributed by atoms with Crippen LogP contribution in [0.5, 0.6) is 0 Å². The van der Waals surface area contributed by atoms with Crippen LogP contribution in [-0.4, -0.2) is 34.3 Å². The lowest BCUT2D eigenvalue weighted by molar-refractivity contribution is 0.279. The van der Waals surface area contributed by atoms with Gasteiger partial charge in [0.05, 0.1) is 11.4 Å². The van der Waals surface area contributed by atoms with Gasteiger partial charge in [-0.25, -0.2) is 4.98 Å². The Hall–Kier alpha value is -1.16. The lowest BCUT2D eigenvalue weighted by atomic mass is 10.1. The maximum atomic E-state index is 8.94. The van der Waals surface area contributed by atoms with Crippen LogP contribution in [0.25, 0.3) is 0 Å². The molecular formula is C13H21N3O. The summed E-state index contributed by atoms with van der Waals surface area (Å²) in [5.41, 5.74) is 1.98. The Morgan fingerprint density at radius 1 is 1.47 bits per heavy atom. The van der Waals surface area contributed by atoms with Crippen LogP contribution >= 0.6 is 0 Å². The Bertz CT molecular complexity index is 381. The zero-order valence-electron chi connectivity index (χ0n) is 10.7. The first-order chi connectivity index (χ1) is 8.22. The van der Waals surface area contributed by atoms with E-state index >= 15 is 0 Å². The van der Waals surface area contributed by atoms with Gasteiger partial charge in [0.15, 0.2) is 5.82 Å². The molecule has 0 aromatic carbocycles. The van der Waals surface area contributed by atoms with Gasteiger partial charge in [0.25, 0.3) is 0 Å². The molecule has 1 N–H and O–H groups in total. The van der Waals surface area contributed by atoms with E-state index in [0.717, 1.165) is 36.6 Å². The highest BCUT2D eigenvalue weighted by Crippen LogP contribution is 2.28. The number of hydrogen-bond donors (Lipinski definition) is 1. The summed E-state index contributed by atoms with van der Waals surface area (Å²) in [4.78, 5) is 11.4. The van der Waals surface area contributed by atoms with Crippen LogP contribution in [0.1, 0.15) is 37.1 Å². The van der Waals surface area contributed by atoms with E-state index < -0.39 is 0 Å². The minimum Gasteiger partial charge on any atom is -0.396 e. The Morgan fingerprint density at radius 2 is 2.29 bits per heavy atom. The van der Waals surface area contributed by atoms with E-state index in [1.165, 1.54) is 12.8 Å². The van der Waals surface area contributed by atoms with E-state index in [1.807, 2.05) is 20.0 Å². The average molecular weight is 235 g/mol. The summed E-state index contributed by atoms with van der Waals surface area (Å²) >= 11 is 0. The van der Waals surface area contributed by atoms with E-state index in [0.29, 0.717) is 6.04 Å². The Kier molecular flexibility index (Phi) is 3.94. The predicted molar refractivity (Wildman–Crippen MR) is 68.2 cm³/mol. The number of aliphatic hydroxyl groups excluding tert-OH is 1. The zero-order chi connectivity index (χ0) is 12.3. The van der Waals surface area contributed by atoms with Crippen molar-refractivity contribution in [3.63, 3.8) is 0 Å². The predicted octanol–water partition coefficient (Wildman–Crippen LogP) is 1.83. The molecule has 1 aromatic heterocycles. The highest BCUT2D eigenvalue weighted by Gasteiger charge is 2.26. The number of aliphatic hydroxyl groups is 1. The van der Waals surface area contributed by atoms with Crippen molar-refractivity contribution in [1.29, 1.82) is 0 Å². The van der Waals surface area contributed by atoms with Gasteiger partial charge in [0.2, 0.25) is 0 Å². The number of nitrogens with zero attached hydrogens (tertiary/aromatic N) is 3. The molecule has 1 unspecified atom stereocenters. The van der Waals surface area contributed by atoms with Crippen LogP contribution in [0.3, 0.4) is 0 Å². The van der Waals surface area contributed by atoms with Crippen molar-refractivity contribution in [2.24, 2.45) is 0 Å². The summed E-state index contributed by atoms with van der Waals surface area (Å²) in [6, 6.07) is 0.525. The van der Waals surface area contributed by atoms with Crippen LogP contribution in [-0.2, 0) is 0 Å². The Balaban J connectivity index is 2.16. The maximum Gasteiger partial charge on any atom is 0.150 e. The molecule has 0 amide bonds. The van der Waals surface area contributed by atoms with Gasteiger partial charge in [-0.15, -0.1) is 0 Å². The van der Waals surface area contributed by atoms with Crippen LogP contribution < -0.4 is 4.90 Å². The molecule has 4 heteroatoms. The van der Waals surface area contributed by atoms with Crippen LogP contribution in [0.4, 0.5) is 5.82 Å². The molecule has 0 aliphatic carbocycles. The maximum absolute atomic E-state index is 8.94. The fourth-order valence-corrected chi connectivity index (χ4v) is 2.54. The van der Waals surface area contributed by atoms with Crippen LogP contribution in [0, 0.1) is 13.8 Å². The van der Waals surface area contributed by atoms with E-state index in [1.54, 1.807) is 0 Å². The fraction of sp³-hybridized carbons (Fsp3) is 0.692. The van der Waals surface area contributed by atoms with Crippen molar-refractivity contribution in [2.75, 3.05) is 18.1 Å². The monoisotopic (exact) mass is 235 g/mol. The summed E-state index contributed by atoms with van der Waals surface area (Å²) < 4.78 is 0. The molecule has 0 saturated carbocycles. The van der Waals surface area contributed by atoms with Crippen LogP contribution in [0.15, 0.2) is 6.20 Å². The lowest BCUT2D eigenvalue weighted by Crippen LogP contribution is -2.31. The first-order valence-corrected chi connectivity index (χ1v) is 6.40. The molecule has 1 aliphatic rings. The largest absolute Gasteiger partial charge is 0.396 e. The molecule has 1 saturated heterocycles. The summed E-state index contributed by atoms with van der Waals surface area (Å²) in [7, 11) is 0. The minimum atomic E-state index is 0.281. The third-order valence-corrected chi connectivity index (χ3v) is 3.40. The minimum absolute atomic E-state index is 0.281. The topological polar surface area (TPSA) is 49.2 Å². The molecule has 0 bridgehead atoms. The molecule has 0 spiro atoms. The number of aromatic nitrogens is 2. The van der Waals surface area contributed by atoms with Crippen molar-refractivity contribution in [1.82, 2.24) is 9.97 Å². The third kappa shape index (κ3) is 2.75. The molecule has 4 nitrogen and oxygen atoms in total. The van der Waals surface area contributed by atoms with Crippen molar-refractivity contribution in [2.45, 2.75) is 45.6 Å². The first kappa shape index (κ1) is 12.3. The van der Waals surface area contributed by atoms with E-state index in [-0.39, 0.29) is 6.61 Å². The van der Waals surface area contributed by atoms with E-state index in [2.05, 4.69) is 14.9 Å². The van der Waals surface area contributed by atoms with Gasteiger partial charge in [0, 0.05) is 25.4 Å². The van der Waals surface area contributed by atoms with E-state index in [9.17, 15) is 0 Å². The SMILES string of the molecule is Cc1cnc(C)c(N2CCCC2CCCO)n1. The van der Waals surface area contributed by atoms with Crippen LogP contribution in [0.2, 0.25) is 0 Å². The molecule has 0 radical (unpaired) electrons. The highest BCUT2D eigenvalue weighted by molar-refractivity contribution is 5.45. The van der Waals surface area contributed by atoms with Gasteiger partial charge >= 0.3 is 0 Å². The zero-order valence-corrected chi connectivity index (χ0v) is 10.7. The molecule has 1 aromatic rings. The number of anilines is 1. The van der Waals surface area contributed by atoms with Gasteiger partial charge in [-0.3, -0.25) is 4.98 Å². The standard InChI is InChI=1S/C13H21N3O/c1-10-9-14-11(2)13(15-10)16-7-3-5-12(16)6-4-8-17/h9,12,17H,3-8H2,1-2H3. The molecule has 94 valence electrons. The fourth-order valence-electron chi connectivity index (χ4n) is 2.54.